The normalized spacial score (nSPS) is 23.6. The van der Waals surface area contributed by atoms with Gasteiger partial charge in [0.25, 0.3) is 11.8 Å². The Hall–Kier alpha value is -2.74. The Morgan fingerprint density at radius 3 is 2.08 bits per heavy atom. The van der Waals surface area contributed by atoms with E-state index in [-0.39, 0.29) is 26.1 Å². The fourth-order valence-electron chi connectivity index (χ4n) is 3.26. The molecule has 0 spiro atoms. The van der Waals surface area contributed by atoms with Crippen molar-refractivity contribution in [1.82, 2.24) is 9.80 Å². The van der Waals surface area contributed by atoms with Crippen molar-refractivity contribution in [3.63, 3.8) is 0 Å². The summed E-state index contributed by atoms with van der Waals surface area (Å²) < 4.78 is 0. The van der Waals surface area contributed by atoms with Crippen molar-refractivity contribution >= 4 is 23.8 Å². The summed E-state index contributed by atoms with van der Waals surface area (Å²) in [6.45, 7) is 0.254. The third-order valence-corrected chi connectivity index (χ3v) is 4.53. The van der Waals surface area contributed by atoms with Crippen LogP contribution < -0.4 is 0 Å². The van der Waals surface area contributed by atoms with Crippen LogP contribution in [0.3, 0.4) is 0 Å². The maximum absolute atomic E-state index is 12.3. The van der Waals surface area contributed by atoms with Gasteiger partial charge in [0, 0.05) is 19.6 Å². The molecule has 2 aliphatic heterocycles. The minimum absolute atomic E-state index is 0.0206. The predicted octanol–water partition coefficient (Wildman–Crippen LogP) is 0.142. The molecule has 2 N–H and O–H groups in total. The first kappa shape index (κ1) is 16.1. The number of likely N-dealkylation sites (tertiary alicyclic amines) is 1. The van der Waals surface area contributed by atoms with E-state index < -0.39 is 35.7 Å². The number of fused-ring (bicyclic) bond motifs is 1. The fourth-order valence-corrected chi connectivity index (χ4v) is 3.26. The van der Waals surface area contributed by atoms with Crippen molar-refractivity contribution in [2.75, 3.05) is 19.6 Å². The van der Waals surface area contributed by atoms with E-state index in [9.17, 15) is 24.3 Å². The molecule has 1 aromatic carbocycles. The van der Waals surface area contributed by atoms with Gasteiger partial charge in [-0.1, -0.05) is 12.1 Å². The standard InChI is InChI=1S/C16H16N2O6/c19-13-10-3-1-2-4-11(10)14(20)18(13)6-5-17-8-9(15(21)22)7-12(17)16(23)24/h1-4,9,12H,5-8H2,(H,21,22)(H,23,24)/t9-,12-/m0/s1. The van der Waals surface area contributed by atoms with E-state index >= 15 is 0 Å². The molecule has 0 bridgehead atoms. The number of hydrogen-bond donors (Lipinski definition) is 2. The van der Waals surface area contributed by atoms with Crippen LogP contribution in [0.4, 0.5) is 0 Å². The van der Waals surface area contributed by atoms with E-state index in [0.717, 1.165) is 4.90 Å². The van der Waals surface area contributed by atoms with Crippen molar-refractivity contribution in [2.45, 2.75) is 12.5 Å². The first-order valence-corrected chi connectivity index (χ1v) is 7.55. The molecule has 1 fully saturated rings. The van der Waals surface area contributed by atoms with Crippen LogP contribution in [0, 0.1) is 5.92 Å². The Labute approximate surface area is 137 Å². The number of carbonyl (C=O) groups excluding carboxylic acids is 2. The third-order valence-electron chi connectivity index (χ3n) is 4.53. The second kappa shape index (κ2) is 6.04. The van der Waals surface area contributed by atoms with E-state index in [1.54, 1.807) is 24.3 Å². The lowest BCUT2D eigenvalue weighted by atomic mass is 10.1. The average Bonchev–Trinajstić information content (AvgIpc) is 3.08. The van der Waals surface area contributed by atoms with Gasteiger partial charge in [0.05, 0.1) is 17.0 Å². The smallest absolute Gasteiger partial charge is 0.320 e. The van der Waals surface area contributed by atoms with Crippen LogP contribution in [0.5, 0.6) is 0 Å². The molecule has 0 saturated carbocycles. The summed E-state index contributed by atoms with van der Waals surface area (Å²) in [7, 11) is 0. The van der Waals surface area contributed by atoms with Crippen LogP contribution in [-0.2, 0) is 9.59 Å². The second-order valence-electron chi connectivity index (χ2n) is 5.93. The lowest BCUT2D eigenvalue weighted by Crippen LogP contribution is -2.42. The van der Waals surface area contributed by atoms with Gasteiger partial charge in [-0.25, -0.2) is 0 Å². The third kappa shape index (κ3) is 2.65. The van der Waals surface area contributed by atoms with Gasteiger partial charge in [-0.15, -0.1) is 0 Å². The lowest BCUT2D eigenvalue weighted by molar-refractivity contribution is -0.142. The molecule has 2 atom stereocenters. The van der Waals surface area contributed by atoms with E-state index in [1.807, 2.05) is 0 Å². The van der Waals surface area contributed by atoms with Gasteiger partial charge in [0.1, 0.15) is 6.04 Å². The first-order chi connectivity index (χ1) is 11.4. The molecule has 2 amide bonds. The molecule has 8 nitrogen and oxygen atoms in total. The molecule has 24 heavy (non-hydrogen) atoms. The number of imide groups is 1. The van der Waals surface area contributed by atoms with E-state index in [2.05, 4.69) is 0 Å². The number of rotatable bonds is 5. The van der Waals surface area contributed by atoms with Gasteiger partial charge in [0.2, 0.25) is 0 Å². The summed E-state index contributed by atoms with van der Waals surface area (Å²) in [4.78, 5) is 49.5. The summed E-state index contributed by atoms with van der Waals surface area (Å²) in [6.07, 6.45) is 0.0206. The van der Waals surface area contributed by atoms with Gasteiger partial charge in [0.15, 0.2) is 0 Å². The maximum Gasteiger partial charge on any atom is 0.320 e. The molecule has 1 aromatic rings. The summed E-state index contributed by atoms with van der Waals surface area (Å²) in [5, 5.41) is 18.3. The van der Waals surface area contributed by atoms with Crippen LogP contribution in [0.15, 0.2) is 24.3 Å². The molecular weight excluding hydrogens is 316 g/mol. The quantitative estimate of drug-likeness (QED) is 0.737. The second-order valence-corrected chi connectivity index (χ2v) is 5.93. The molecule has 2 heterocycles. The number of nitrogens with zero attached hydrogens (tertiary/aromatic N) is 2. The van der Waals surface area contributed by atoms with Gasteiger partial charge in [-0.05, 0) is 18.6 Å². The molecule has 8 heteroatoms. The number of benzene rings is 1. The molecular formula is C16H16N2O6. The van der Waals surface area contributed by atoms with Crippen molar-refractivity contribution in [3.8, 4) is 0 Å². The van der Waals surface area contributed by atoms with Crippen LogP contribution in [0.1, 0.15) is 27.1 Å². The molecule has 126 valence electrons. The summed E-state index contributed by atoms with van der Waals surface area (Å²) in [5.41, 5.74) is 0.671. The highest BCUT2D eigenvalue weighted by atomic mass is 16.4. The maximum atomic E-state index is 12.3. The average molecular weight is 332 g/mol. The minimum Gasteiger partial charge on any atom is -0.481 e. The first-order valence-electron chi connectivity index (χ1n) is 7.55. The molecule has 0 radical (unpaired) electrons. The Morgan fingerprint density at radius 1 is 1.00 bits per heavy atom. The zero-order valence-electron chi connectivity index (χ0n) is 12.7. The minimum atomic E-state index is -1.10. The van der Waals surface area contributed by atoms with Crippen molar-refractivity contribution in [2.24, 2.45) is 5.92 Å². The van der Waals surface area contributed by atoms with Crippen molar-refractivity contribution < 1.29 is 29.4 Å². The highest BCUT2D eigenvalue weighted by molar-refractivity contribution is 6.21. The van der Waals surface area contributed by atoms with Crippen molar-refractivity contribution in [1.29, 1.82) is 0 Å². The van der Waals surface area contributed by atoms with Gasteiger partial charge >= 0.3 is 11.9 Å². The van der Waals surface area contributed by atoms with Gasteiger partial charge < -0.3 is 10.2 Å². The Morgan fingerprint density at radius 2 is 1.58 bits per heavy atom. The molecule has 0 unspecified atom stereocenters. The topological polar surface area (TPSA) is 115 Å². The van der Waals surface area contributed by atoms with Crippen molar-refractivity contribution in [3.05, 3.63) is 35.4 Å². The van der Waals surface area contributed by atoms with E-state index in [1.165, 1.54) is 4.90 Å². The Bertz CT molecular complexity index is 696. The molecule has 3 rings (SSSR count). The monoisotopic (exact) mass is 332 g/mol. The Balaban J connectivity index is 1.70. The molecule has 2 aliphatic rings. The van der Waals surface area contributed by atoms with Crippen LogP contribution in [0.25, 0.3) is 0 Å². The van der Waals surface area contributed by atoms with Crippen LogP contribution in [-0.4, -0.2) is 69.4 Å². The molecule has 1 saturated heterocycles. The molecule has 0 aromatic heterocycles. The number of carbonyl (C=O) groups is 4. The fraction of sp³-hybridized carbons (Fsp3) is 0.375. The van der Waals surface area contributed by atoms with E-state index in [4.69, 9.17) is 5.11 Å². The van der Waals surface area contributed by atoms with Gasteiger partial charge in [-0.3, -0.25) is 29.0 Å². The lowest BCUT2D eigenvalue weighted by Gasteiger charge is -2.23. The highest BCUT2D eigenvalue weighted by Crippen LogP contribution is 2.25. The van der Waals surface area contributed by atoms with Crippen LogP contribution in [0.2, 0.25) is 0 Å². The zero-order valence-corrected chi connectivity index (χ0v) is 12.7. The molecule has 0 aliphatic carbocycles. The largest absolute Gasteiger partial charge is 0.481 e. The summed E-state index contributed by atoms with van der Waals surface area (Å²) in [5.74, 6) is -3.70. The van der Waals surface area contributed by atoms with E-state index in [0.29, 0.717) is 11.1 Å². The Kier molecular flexibility index (Phi) is 4.06. The SMILES string of the molecule is O=C(O)[C@H]1C[C@@H](C(=O)O)N(CCN2C(=O)c3ccccc3C2=O)C1. The number of carboxylic acid groups (broad SMARTS) is 2. The number of carboxylic acids is 2. The summed E-state index contributed by atoms with van der Waals surface area (Å²) in [6, 6.07) is 5.58. The highest BCUT2D eigenvalue weighted by Gasteiger charge is 2.41. The predicted molar refractivity (Wildman–Crippen MR) is 80.5 cm³/mol. The number of hydrogen-bond acceptors (Lipinski definition) is 5. The van der Waals surface area contributed by atoms with Crippen LogP contribution >= 0.6 is 0 Å². The summed E-state index contributed by atoms with van der Waals surface area (Å²) >= 11 is 0. The zero-order chi connectivity index (χ0) is 17.4. The number of amides is 2. The van der Waals surface area contributed by atoms with Gasteiger partial charge in [-0.2, -0.15) is 0 Å². The number of aliphatic carboxylic acids is 2.